The van der Waals surface area contributed by atoms with Crippen LogP contribution >= 0.6 is 0 Å². The molecule has 2 aromatic carbocycles. The third kappa shape index (κ3) is 5.06. The highest BCUT2D eigenvalue weighted by Crippen LogP contribution is 2.29. The van der Waals surface area contributed by atoms with Gasteiger partial charge in [0.05, 0.1) is 11.1 Å². The Kier molecular flexibility index (Phi) is 8.18. The summed E-state index contributed by atoms with van der Waals surface area (Å²) in [6.07, 6.45) is 13.3. The fraction of sp³-hybridized carbons (Fsp3) is 0.448. The van der Waals surface area contributed by atoms with Crippen LogP contribution in [0.3, 0.4) is 0 Å². The Morgan fingerprint density at radius 2 is 1.50 bits per heavy atom. The summed E-state index contributed by atoms with van der Waals surface area (Å²) >= 11 is 0. The molecule has 1 aromatic heterocycles. The summed E-state index contributed by atoms with van der Waals surface area (Å²) in [5.74, 6) is -1.92. The molecular formula is C29H35N3O4. The van der Waals surface area contributed by atoms with Crippen LogP contribution in [0.4, 0.5) is 0 Å². The lowest BCUT2D eigenvalue weighted by molar-refractivity contribution is -0.129. The molecule has 7 nitrogen and oxygen atoms in total. The number of H-pyrrole nitrogens is 1. The summed E-state index contributed by atoms with van der Waals surface area (Å²) < 4.78 is 0. The van der Waals surface area contributed by atoms with Crippen LogP contribution in [0.25, 0.3) is 27.2 Å². The SMILES string of the molecule is CCCCCCCCCCCCCNC1=c2c(cc3cccc4c(O)[nH]c(=O)c2c34)C(=N)C(=O)C1=O. The molecule has 0 spiro atoms. The van der Waals surface area contributed by atoms with Gasteiger partial charge >= 0.3 is 0 Å². The Labute approximate surface area is 210 Å². The second kappa shape index (κ2) is 11.5. The second-order valence-corrected chi connectivity index (χ2v) is 9.75. The zero-order valence-electron chi connectivity index (χ0n) is 21.0. The van der Waals surface area contributed by atoms with E-state index in [4.69, 9.17) is 5.41 Å². The van der Waals surface area contributed by atoms with Gasteiger partial charge in [-0.1, -0.05) is 83.3 Å². The van der Waals surface area contributed by atoms with Crippen molar-refractivity contribution in [2.24, 2.45) is 0 Å². The van der Waals surface area contributed by atoms with Crippen molar-refractivity contribution in [2.75, 3.05) is 6.54 Å². The Morgan fingerprint density at radius 1 is 0.861 bits per heavy atom. The molecule has 1 aliphatic rings. The van der Waals surface area contributed by atoms with E-state index in [0.29, 0.717) is 22.7 Å². The number of benzene rings is 2. The van der Waals surface area contributed by atoms with E-state index in [1.165, 1.54) is 51.4 Å². The summed E-state index contributed by atoms with van der Waals surface area (Å²) in [6.45, 7) is 2.73. The molecule has 0 unspecified atom stereocenters. The molecule has 0 saturated carbocycles. The quantitative estimate of drug-likeness (QED) is 0.206. The largest absolute Gasteiger partial charge is 0.494 e. The average molecular weight is 490 g/mol. The number of rotatable bonds is 13. The molecule has 0 saturated heterocycles. The molecule has 1 heterocycles. The van der Waals surface area contributed by atoms with Gasteiger partial charge in [0, 0.05) is 28.1 Å². The van der Waals surface area contributed by atoms with Gasteiger partial charge in [-0.3, -0.25) is 24.8 Å². The third-order valence-corrected chi connectivity index (χ3v) is 7.14. The third-order valence-electron chi connectivity index (χ3n) is 7.14. The van der Waals surface area contributed by atoms with E-state index in [1.54, 1.807) is 24.3 Å². The van der Waals surface area contributed by atoms with E-state index in [0.717, 1.165) is 19.3 Å². The van der Waals surface area contributed by atoms with Gasteiger partial charge in [-0.2, -0.15) is 0 Å². The molecule has 190 valence electrons. The van der Waals surface area contributed by atoms with Crippen LogP contribution in [-0.2, 0) is 9.59 Å². The minimum Gasteiger partial charge on any atom is -0.494 e. The maximum atomic E-state index is 13.0. The highest BCUT2D eigenvalue weighted by atomic mass is 16.3. The van der Waals surface area contributed by atoms with Crippen LogP contribution < -0.4 is 16.1 Å². The number of fused-ring (bicyclic) bond motifs is 2. The fourth-order valence-corrected chi connectivity index (χ4v) is 5.21. The number of ketones is 2. The number of hydrogen-bond donors (Lipinski definition) is 4. The summed E-state index contributed by atoms with van der Waals surface area (Å²) in [6, 6.07) is 6.84. The van der Waals surface area contributed by atoms with Crippen LogP contribution in [0.1, 0.15) is 83.1 Å². The van der Waals surface area contributed by atoms with Crippen molar-refractivity contribution < 1.29 is 14.7 Å². The highest BCUT2D eigenvalue weighted by Gasteiger charge is 2.33. The van der Waals surface area contributed by atoms with Gasteiger partial charge in [-0.15, -0.1) is 0 Å². The highest BCUT2D eigenvalue weighted by molar-refractivity contribution is 6.75. The number of carbonyl (C=O) groups excluding carboxylic acids is 2. The van der Waals surface area contributed by atoms with Gasteiger partial charge in [-0.05, 0) is 23.9 Å². The van der Waals surface area contributed by atoms with E-state index in [1.807, 2.05) is 0 Å². The van der Waals surface area contributed by atoms with Crippen molar-refractivity contribution in [3.63, 3.8) is 0 Å². The number of hydrogen-bond acceptors (Lipinski definition) is 6. The lowest BCUT2D eigenvalue weighted by atomic mass is 9.87. The minimum absolute atomic E-state index is 0.0707. The molecule has 4 rings (SSSR count). The molecule has 0 fully saturated rings. The van der Waals surface area contributed by atoms with Crippen LogP contribution in [0.2, 0.25) is 0 Å². The number of unbranched alkanes of at least 4 members (excludes halogenated alkanes) is 10. The standard InChI is InChI=1S/C29H35N3O4/c1-2-3-4-5-6-7-8-9-10-11-12-16-31-25-22-20(24(30)26(33)27(25)34)17-18-14-13-15-19-21(18)23(22)29(36)32-28(19)35/h13-15,17,30-31H,2-12,16H2,1H3,(H2,32,35,36). The lowest BCUT2D eigenvalue weighted by Crippen LogP contribution is -2.44. The van der Waals surface area contributed by atoms with Gasteiger partial charge in [0.1, 0.15) is 5.71 Å². The summed E-state index contributed by atoms with van der Waals surface area (Å²) in [5.41, 5.74) is -0.638. The molecule has 0 bridgehead atoms. The first-order chi connectivity index (χ1) is 17.5. The second-order valence-electron chi connectivity index (χ2n) is 9.75. The molecule has 3 aromatic rings. The predicted molar refractivity (Wildman–Crippen MR) is 144 cm³/mol. The number of aromatic hydroxyl groups is 1. The van der Waals surface area contributed by atoms with Gasteiger partial charge in [0.2, 0.25) is 0 Å². The van der Waals surface area contributed by atoms with Crippen molar-refractivity contribution in [3.8, 4) is 5.88 Å². The van der Waals surface area contributed by atoms with Crippen molar-refractivity contribution >= 4 is 44.5 Å². The lowest BCUT2D eigenvalue weighted by Gasteiger charge is -2.19. The first-order valence-corrected chi connectivity index (χ1v) is 13.2. The molecule has 0 amide bonds. The number of nitrogens with one attached hydrogen (secondary N) is 3. The van der Waals surface area contributed by atoms with E-state index in [2.05, 4.69) is 17.2 Å². The van der Waals surface area contributed by atoms with Crippen molar-refractivity contribution in [2.45, 2.75) is 77.6 Å². The van der Waals surface area contributed by atoms with Crippen LogP contribution in [0, 0.1) is 5.41 Å². The van der Waals surface area contributed by atoms with E-state index in [-0.39, 0.29) is 27.7 Å². The average Bonchev–Trinajstić information content (AvgIpc) is 2.87. The van der Waals surface area contributed by atoms with Gasteiger partial charge < -0.3 is 10.4 Å². The molecule has 1 aliphatic carbocycles. The number of carbonyl (C=O) groups is 2. The topological polar surface area (TPSA) is 123 Å². The fourth-order valence-electron chi connectivity index (χ4n) is 5.21. The molecule has 4 N–H and O–H groups in total. The number of Topliss-reactive ketones (excluding diaryl/α,β-unsaturated/α-hetero) is 2. The maximum absolute atomic E-state index is 13.0. The van der Waals surface area contributed by atoms with Crippen molar-refractivity contribution in [1.82, 2.24) is 10.3 Å². The molecule has 0 atom stereocenters. The Hall–Kier alpha value is -3.48. The number of aromatic nitrogens is 1. The molecule has 0 aliphatic heterocycles. The molecular weight excluding hydrogens is 454 g/mol. The zero-order valence-corrected chi connectivity index (χ0v) is 21.0. The zero-order chi connectivity index (χ0) is 25.7. The predicted octanol–water partition coefficient (Wildman–Crippen LogP) is 4.63. The van der Waals surface area contributed by atoms with E-state index < -0.39 is 22.8 Å². The number of aromatic amines is 1. The Morgan fingerprint density at radius 3 is 2.17 bits per heavy atom. The van der Waals surface area contributed by atoms with Crippen LogP contribution in [0.15, 0.2) is 29.1 Å². The molecule has 7 heteroatoms. The summed E-state index contributed by atoms with van der Waals surface area (Å²) in [7, 11) is 0. The monoisotopic (exact) mass is 489 g/mol. The molecule has 36 heavy (non-hydrogen) atoms. The Balaban J connectivity index is 1.51. The smallest absolute Gasteiger partial charge is 0.259 e. The Bertz CT molecular complexity index is 1420. The summed E-state index contributed by atoms with van der Waals surface area (Å²) in [4.78, 5) is 40.9. The summed E-state index contributed by atoms with van der Waals surface area (Å²) in [5, 5.41) is 23.8. The van der Waals surface area contributed by atoms with E-state index >= 15 is 0 Å². The first kappa shape index (κ1) is 25.6. The molecule has 0 radical (unpaired) electrons. The van der Waals surface area contributed by atoms with Gasteiger partial charge in [0.25, 0.3) is 17.1 Å². The van der Waals surface area contributed by atoms with Crippen molar-refractivity contribution in [3.05, 3.63) is 45.4 Å². The van der Waals surface area contributed by atoms with Crippen LogP contribution in [0.5, 0.6) is 5.88 Å². The minimum atomic E-state index is -0.878. The maximum Gasteiger partial charge on any atom is 0.259 e. The van der Waals surface area contributed by atoms with Gasteiger partial charge in [0.15, 0.2) is 5.88 Å². The first-order valence-electron chi connectivity index (χ1n) is 13.2. The normalized spacial score (nSPS) is 13.7. The van der Waals surface area contributed by atoms with Crippen molar-refractivity contribution in [1.29, 1.82) is 5.41 Å². The number of pyridine rings is 1. The van der Waals surface area contributed by atoms with Crippen LogP contribution in [-0.4, -0.2) is 33.9 Å². The van der Waals surface area contributed by atoms with E-state index in [9.17, 15) is 19.5 Å². The van der Waals surface area contributed by atoms with Gasteiger partial charge in [-0.25, -0.2) is 0 Å².